The molecule has 2 aromatic carbocycles. The van der Waals surface area contributed by atoms with Crippen LogP contribution < -0.4 is 10.5 Å². The molecule has 0 radical (unpaired) electrons. The fourth-order valence-electron chi connectivity index (χ4n) is 2.90. The summed E-state index contributed by atoms with van der Waals surface area (Å²) in [7, 11) is 3.51. The lowest BCUT2D eigenvalue weighted by Crippen LogP contribution is -2.41. The van der Waals surface area contributed by atoms with E-state index in [1.807, 2.05) is 44.3 Å². The van der Waals surface area contributed by atoms with Crippen LogP contribution >= 0.6 is 0 Å². The van der Waals surface area contributed by atoms with E-state index in [0.717, 1.165) is 22.1 Å². The van der Waals surface area contributed by atoms with Crippen LogP contribution in [0.15, 0.2) is 36.4 Å². The molecule has 0 aliphatic heterocycles. The van der Waals surface area contributed by atoms with E-state index in [-0.39, 0.29) is 17.2 Å². The third-order valence-electron chi connectivity index (χ3n) is 4.54. The molecule has 0 bridgehead atoms. The van der Waals surface area contributed by atoms with Gasteiger partial charge in [-0.2, -0.15) is 0 Å². The van der Waals surface area contributed by atoms with Crippen molar-refractivity contribution in [3.8, 4) is 5.75 Å². The number of hydrogen-bond acceptors (Lipinski definition) is 3. The molecule has 1 atom stereocenters. The van der Waals surface area contributed by atoms with E-state index >= 15 is 0 Å². The molecule has 2 N–H and O–H groups in total. The van der Waals surface area contributed by atoms with Crippen molar-refractivity contribution in [2.45, 2.75) is 26.7 Å². The summed E-state index contributed by atoms with van der Waals surface area (Å²) in [5.41, 5.74) is 6.72. The molecule has 2 aromatic rings. The first kappa shape index (κ1) is 18.3. The van der Waals surface area contributed by atoms with Crippen molar-refractivity contribution in [1.29, 1.82) is 0 Å². The Bertz CT molecular complexity index is 725. The minimum Gasteiger partial charge on any atom is -0.497 e. The topological polar surface area (TPSA) is 55.6 Å². The van der Waals surface area contributed by atoms with Gasteiger partial charge >= 0.3 is 0 Å². The number of benzene rings is 2. The first-order valence-corrected chi connectivity index (χ1v) is 8.30. The molecule has 130 valence electrons. The number of nitrogens with zero attached hydrogens (tertiary/aromatic N) is 1. The molecule has 2 rings (SSSR count). The highest BCUT2D eigenvalue weighted by Gasteiger charge is 2.25. The van der Waals surface area contributed by atoms with Crippen LogP contribution in [0.3, 0.4) is 0 Å². The van der Waals surface area contributed by atoms with Crippen LogP contribution in [0.25, 0.3) is 10.8 Å². The summed E-state index contributed by atoms with van der Waals surface area (Å²) in [4.78, 5) is 14.5. The summed E-state index contributed by atoms with van der Waals surface area (Å²) in [6.45, 7) is 7.31. The molecular formula is C20H28N2O2. The van der Waals surface area contributed by atoms with Gasteiger partial charge in [0.25, 0.3) is 0 Å². The van der Waals surface area contributed by atoms with Gasteiger partial charge in [0.2, 0.25) is 5.91 Å². The van der Waals surface area contributed by atoms with Crippen LogP contribution in [0.1, 0.15) is 32.3 Å². The zero-order valence-electron chi connectivity index (χ0n) is 15.3. The highest BCUT2D eigenvalue weighted by molar-refractivity contribution is 5.88. The Hall–Kier alpha value is -2.07. The summed E-state index contributed by atoms with van der Waals surface area (Å²) in [5, 5.41) is 2.22. The van der Waals surface area contributed by atoms with Gasteiger partial charge in [0.1, 0.15) is 5.75 Å². The normalized spacial score (nSPS) is 12.9. The summed E-state index contributed by atoms with van der Waals surface area (Å²) in [6, 6.07) is 12.1. The van der Waals surface area contributed by atoms with Crippen LogP contribution in [0, 0.1) is 5.41 Å². The number of ether oxygens (including phenoxy) is 1. The van der Waals surface area contributed by atoms with Gasteiger partial charge in [-0.15, -0.1) is 0 Å². The molecule has 1 unspecified atom stereocenters. The van der Waals surface area contributed by atoms with Gasteiger partial charge in [-0.05, 0) is 47.4 Å². The number of nitrogens with two attached hydrogens (primary N) is 1. The van der Waals surface area contributed by atoms with E-state index < -0.39 is 0 Å². The second kappa shape index (κ2) is 7.22. The lowest BCUT2D eigenvalue weighted by Gasteiger charge is -2.30. The summed E-state index contributed by atoms with van der Waals surface area (Å²) < 4.78 is 5.26. The monoisotopic (exact) mass is 328 g/mol. The Kier molecular flexibility index (Phi) is 5.50. The van der Waals surface area contributed by atoms with E-state index in [1.54, 1.807) is 12.0 Å². The summed E-state index contributed by atoms with van der Waals surface area (Å²) in [6.07, 6.45) is 0. The van der Waals surface area contributed by atoms with Crippen molar-refractivity contribution < 1.29 is 9.53 Å². The third-order valence-corrected chi connectivity index (χ3v) is 4.54. The number of rotatable bonds is 6. The zero-order chi connectivity index (χ0) is 17.9. The standard InChI is InChI=1S/C20H28N2O2/c1-14(19(23)22(4)13-20(2,3)12-21)15-6-7-17-11-18(24-5)9-8-16(17)10-15/h6-11,14H,12-13,21H2,1-5H3. The molecule has 4 nitrogen and oxygen atoms in total. The summed E-state index contributed by atoms with van der Waals surface area (Å²) in [5.74, 6) is 0.766. The van der Waals surface area contributed by atoms with E-state index in [4.69, 9.17) is 10.5 Å². The molecule has 0 heterocycles. The lowest BCUT2D eigenvalue weighted by molar-refractivity contribution is -0.132. The number of hydrogen-bond donors (Lipinski definition) is 1. The second-order valence-corrected chi connectivity index (χ2v) is 7.26. The number of carbonyl (C=O) groups is 1. The predicted octanol–water partition coefficient (Wildman–Crippen LogP) is 3.40. The largest absolute Gasteiger partial charge is 0.497 e. The van der Waals surface area contributed by atoms with Crippen molar-refractivity contribution in [1.82, 2.24) is 4.90 Å². The minimum atomic E-state index is -0.185. The Morgan fingerprint density at radius 2 is 1.83 bits per heavy atom. The van der Waals surface area contributed by atoms with Crippen molar-refractivity contribution in [2.24, 2.45) is 11.1 Å². The molecule has 4 heteroatoms. The highest BCUT2D eigenvalue weighted by atomic mass is 16.5. The van der Waals surface area contributed by atoms with Gasteiger partial charge < -0.3 is 15.4 Å². The number of amides is 1. The SMILES string of the molecule is COc1ccc2cc(C(C)C(=O)N(C)CC(C)(C)CN)ccc2c1. The van der Waals surface area contributed by atoms with E-state index in [0.29, 0.717) is 13.1 Å². The first-order chi connectivity index (χ1) is 11.3. The van der Waals surface area contributed by atoms with Gasteiger partial charge in [0.05, 0.1) is 13.0 Å². The molecule has 24 heavy (non-hydrogen) atoms. The van der Waals surface area contributed by atoms with Gasteiger partial charge in [0.15, 0.2) is 0 Å². The highest BCUT2D eigenvalue weighted by Crippen LogP contribution is 2.26. The van der Waals surface area contributed by atoms with Crippen LogP contribution in [-0.4, -0.2) is 38.1 Å². The maximum absolute atomic E-state index is 12.7. The fraction of sp³-hybridized carbons (Fsp3) is 0.450. The van der Waals surface area contributed by atoms with Crippen molar-refractivity contribution in [2.75, 3.05) is 27.2 Å². The molecule has 0 fully saturated rings. The zero-order valence-corrected chi connectivity index (χ0v) is 15.3. The van der Waals surface area contributed by atoms with Crippen molar-refractivity contribution in [3.05, 3.63) is 42.0 Å². The average Bonchev–Trinajstić information content (AvgIpc) is 2.59. The minimum absolute atomic E-state index is 0.0793. The fourth-order valence-corrected chi connectivity index (χ4v) is 2.90. The number of fused-ring (bicyclic) bond motifs is 1. The van der Waals surface area contributed by atoms with Gasteiger partial charge in [-0.1, -0.05) is 38.1 Å². The second-order valence-electron chi connectivity index (χ2n) is 7.26. The Balaban J connectivity index is 2.20. The molecule has 0 spiro atoms. The van der Waals surface area contributed by atoms with Gasteiger partial charge in [-0.3, -0.25) is 4.79 Å². The van der Waals surface area contributed by atoms with Gasteiger partial charge in [0, 0.05) is 13.6 Å². The maximum Gasteiger partial charge on any atom is 0.229 e. The van der Waals surface area contributed by atoms with Crippen LogP contribution in [0.4, 0.5) is 0 Å². The van der Waals surface area contributed by atoms with Crippen molar-refractivity contribution in [3.63, 3.8) is 0 Å². The number of methoxy groups -OCH3 is 1. The van der Waals surface area contributed by atoms with E-state index in [2.05, 4.69) is 19.9 Å². The Morgan fingerprint density at radius 3 is 2.46 bits per heavy atom. The van der Waals surface area contributed by atoms with Gasteiger partial charge in [-0.25, -0.2) is 0 Å². The van der Waals surface area contributed by atoms with E-state index in [1.165, 1.54) is 0 Å². The average molecular weight is 328 g/mol. The quantitative estimate of drug-likeness (QED) is 0.884. The van der Waals surface area contributed by atoms with Crippen LogP contribution in [-0.2, 0) is 4.79 Å². The molecule has 0 aliphatic carbocycles. The molecule has 0 saturated carbocycles. The predicted molar refractivity (Wildman–Crippen MR) is 99.4 cm³/mol. The lowest BCUT2D eigenvalue weighted by atomic mass is 9.91. The molecular weight excluding hydrogens is 300 g/mol. The third kappa shape index (κ3) is 4.06. The molecule has 0 aromatic heterocycles. The molecule has 0 aliphatic rings. The Labute approximate surface area is 144 Å². The van der Waals surface area contributed by atoms with Crippen LogP contribution in [0.2, 0.25) is 0 Å². The number of likely N-dealkylation sites (N-methyl/N-ethyl adjacent to an activating group) is 1. The smallest absolute Gasteiger partial charge is 0.229 e. The van der Waals surface area contributed by atoms with E-state index in [9.17, 15) is 4.79 Å². The first-order valence-electron chi connectivity index (χ1n) is 8.30. The summed E-state index contributed by atoms with van der Waals surface area (Å²) >= 11 is 0. The van der Waals surface area contributed by atoms with Crippen molar-refractivity contribution >= 4 is 16.7 Å². The maximum atomic E-state index is 12.7. The number of carbonyl (C=O) groups excluding carboxylic acids is 1. The van der Waals surface area contributed by atoms with Crippen LogP contribution in [0.5, 0.6) is 5.75 Å². The molecule has 0 saturated heterocycles. The Morgan fingerprint density at radius 1 is 1.21 bits per heavy atom. The molecule has 1 amide bonds.